The number of benzene rings is 1. The highest BCUT2D eigenvalue weighted by atomic mass is 16.5. The van der Waals surface area contributed by atoms with E-state index in [1.807, 2.05) is 6.08 Å². The van der Waals surface area contributed by atoms with Crippen molar-refractivity contribution in [2.45, 2.75) is 25.7 Å². The normalized spacial score (nSPS) is 15.5. The van der Waals surface area contributed by atoms with Gasteiger partial charge in [-0.1, -0.05) is 12.5 Å². The molecule has 1 aromatic rings. The van der Waals surface area contributed by atoms with Gasteiger partial charge < -0.3 is 14.7 Å². The molecule has 0 bridgehead atoms. The number of aliphatic carboxylic acids is 1. The van der Waals surface area contributed by atoms with Gasteiger partial charge in [-0.15, -0.1) is 6.58 Å². The highest BCUT2D eigenvalue weighted by molar-refractivity contribution is 5.97. The van der Waals surface area contributed by atoms with Gasteiger partial charge in [0, 0.05) is 12.7 Å². The Morgan fingerprint density at radius 3 is 2.45 bits per heavy atom. The van der Waals surface area contributed by atoms with Gasteiger partial charge in [0.1, 0.15) is 5.75 Å². The molecule has 0 aromatic heterocycles. The van der Waals surface area contributed by atoms with E-state index in [0.717, 1.165) is 24.9 Å². The van der Waals surface area contributed by atoms with Crippen molar-refractivity contribution in [1.82, 2.24) is 0 Å². The molecular weight excluding hydrogens is 282 g/mol. The van der Waals surface area contributed by atoms with Crippen LogP contribution in [-0.4, -0.2) is 30.6 Å². The maximum absolute atomic E-state index is 12.7. The zero-order chi connectivity index (χ0) is 16.2. The molecule has 0 saturated heterocycles. The quantitative estimate of drug-likeness (QED) is 0.787. The third-order valence-electron chi connectivity index (χ3n) is 4.19. The lowest BCUT2D eigenvalue weighted by Crippen LogP contribution is -2.46. The zero-order valence-corrected chi connectivity index (χ0v) is 12.7. The average Bonchev–Trinajstić information content (AvgIpc) is 2.48. The van der Waals surface area contributed by atoms with Gasteiger partial charge in [-0.2, -0.15) is 0 Å². The van der Waals surface area contributed by atoms with Gasteiger partial charge in [-0.25, -0.2) is 4.79 Å². The van der Waals surface area contributed by atoms with Gasteiger partial charge in [0.05, 0.1) is 5.41 Å². The first-order chi connectivity index (χ1) is 10.5. The summed E-state index contributed by atoms with van der Waals surface area (Å²) < 4.78 is 5.08. The lowest BCUT2D eigenvalue weighted by atomic mass is 9.65. The maximum Gasteiger partial charge on any atom is 0.341 e. The third-order valence-corrected chi connectivity index (χ3v) is 4.19. The number of nitrogens with zero attached hydrogens (tertiary/aromatic N) is 1. The number of rotatable bonds is 7. The summed E-state index contributed by atoms with van der Waals surface area (Å²) in [4.78, 5) is 24.8. The van der Waals surface area contributed by atoms with Crippen molar-refractivity contribution in [3.8, 4) is 5.75 Å². The van der Waals surface area contributed by atoms with Crippen LogP contribution in [0.2, 0.25) is 0 Å². The van der Waals surface area contributed by atoms with Crippen LogP contribution in [0.25, 0.3) is 0 Å². The first-order valence-corrected chi connectivity index (χ1v) is 7.32. The Morgan fingerprint density at radius 1 is 1.36 bits per heavy atom. The van der Waals surface area contributed by atoms with Crippen LogP contribution >= 0.6 is 0 Å². The van der Waals surface area contributed by atoms with Gasteiger partial charge in [-0.3, -0.25) is 4.79 Å². The largest absolute Gasteiger partial charge is 0.482 e. The predicted octanol–water partition coefficient (Wildman–Crippen LogP) is 2.86. The zero-order valence-electron chi connectivity index (χ0n) is 12.7. The number of amides is 1. The molecule has 1 aliphatic carbocycles. The molecule has 1 aliphatic rings. The molecule has 0 unspecified atom stereocenters. The van der Waals surface area contributed by atoms with E-state index in [4.69, 9.17) is 9.84 Å². The number of allylic oxidation sites excluding steroid dienone is 1. The lowest BCUT2D eigenvalue weighted by molar-refractivity contribution is -0.139. The molecule has 5 nitrogen and oxygen atoms in total. The van der Waals surface area contributed by atoms with Crippen molar-refractivity contribution < 1.29 is 19.4 Å². The number of carboxylic acids is 1. The minimum Gasteiger partial charge on any atom is -0.482 e. The van der Waals surface area contributed by atoms with Crippen LogP contribution < -0.4 is 9.64 Å². The molecule has 0 aliphatic heterocycles. The molecule has 0 heterocycles. The standard InChI is InChI=1S/C17H21NO4/c1-3-9-17(10-4-11-17)16(21)18(2)13-5-7-14(8-6-13)22-12-15(19)20/h3,5-8H,1,4,9-12H2,2H3,(H,19,20). The first-order valence-electron chi connectivity index (χ1n) is 7.32. The minimum absolute atomic E-state index is 0.109. The average molecular weight is 303 g/mol. The molecule has 118 valence electrons. The number of hydrogen-bond acceptors (Lipinski definition) is 3. The fourth-order valence-electron chi connectivity index (χ4n) is 2.77. The summed E-state index contributed by atoms with van der Waals surface area (Å²) in [5.74, 6) is -0.443. The molecular formula is C17H21NO4. The van der Waals surface area contributed by atoms with Crippen molar-refractivity contribution in [2.24, 2.45) is 5.41 Å². The molecule has 5 heteroatoms. The van der Waals surface area contributed by atoms with Crippen LogP contribution in [0.4, 0.5) is 5.69 Å². The van der Waals surface area contributed by atoms with Crippen molar-refractivity contribution in [3.63, 3.8) is 0 Å². The summed E-state index contributed by atoms with van der Waals surface area (Å²) in [6.45, 7) is 3.37. The maximum atomic E-state index is 12.7. The Balaban J connectivity index is 2.05. The molecule has 1 aromatic carbocycles. The topological polar surface area (TPSA) is 66.8 Å². The highest BCUT2D eigenvalue weighted by Crippen LogP contribution is 2.46. The van der Waals surface area contributed by atoms with Crippen molar-refractivity contribution in [3.05, 3.63) is 36.9 Å². The molecule has 1 amide bonds. The second-order valence-electron chi connectivity index (χ2n) is 5.67. The second-order valence-corrected chi connectivity index (χ2v) is 5.67. The van der Waals surface area contributed by atoms with E-state index in [2.05, 4.69) is 6.58 Å². The molecule has 1 N–H and O–H groups in total. The number of carbonyl (C=O) groups is 2. The number of hydrogen-bond donors (Lipinski definition) is 1. The highest BCUT2D eigenvalue weighted by Gasteiger charge is 2.44. The van der Waals surface area contributed by atoms with E-state index >= 15 is 0 Å². The van der Waals surface area contributed by atoms with Crippen LogP contribution in [-0.2, 0) is 9.59 Å². The number of anilines is 1. The monoisotopic (exact) mass is 303 g/mol. The Bertz CT molecular complexity index is 561. The SMILES string of the molecule is C=CCC1(C(=O)N(C)c2ccc(OCC(=O)O)cc2)CCC1. The van der Waals surface area contributed by atoms with Gasteiger partial charge >= 0.3 is 5.97 Å². The summed E-state index contributed by atoms with van der Waals surface area (Å²) in [7, 11) is 1.76. The number of carbonyl (C=O) groups excluding carboxylic acids is 1. The van der Waals surface area contributed by atoms with Gasteiger partial charge in [0.2, 0.25) is 5.91 Å². The van der Waals surface area contributed by atoms with E-state index in [-0.39, 0.29) is 17.9 Å². The molecule has 0 atom stereocenters. The van der Waals surface area contributed by atoms with E-state index in [0.29, 0.717) is 12.2 Å². The molecule has 0 radical (unpaired) electrons. The van der Waals surface area contributed by atoms with Crippen LogP contribution in [0.5, 0.6) is 5.75 Å². The Labute approximate surface area is 130 Å². The Morgan fingerprint density at radius 2 is 2.00 bits per heavy atom. The van der Waals surface area contributed by atoms with Crippen molar-refractivity contribution >= 4 is 17.6 Å². The van der Waals surface area contributed by atoms with Crippen LogP contribution in [0, 0.1) is 5.41 Å². The fourth-order valence-corrected chi connectivity index (χ4v) is 2.77. The van der Waals surface area contributed by atoms with Crippen LogP contribution in [0.1, 0.15) is 25.7 Å². The Kier molecular flexibility index (Phi) is 4.85. The molecule has 22 heavy (non-hydrogen) atoms. The number of carboxylic acid groups (broad SMARTS) is 1. The summed E-state index contributed by atoms with van der Waals surface area (Å²) in [5.41, 5.74) is 0.470. The molecule has 0 spiro atoms. The number of ether oxygens (including phenoxy) is 1. The van der Waals surface area contributed by atoms with E-state index in [1.165, 1.54) is 0 Å². The van der Waals surface area contributed by atoms with E-state index in [1.54, 1.807) is 36.2 Å². The molecule has 2 rings (SSSR count). The minimum atomic E-state index is -1.02. The molecule has 1 saturated carbocycles. The smallest absolute Gasteiger partial charge is 0.341 e. The fraction of sp³-hybridized carbons (Fsp3) is 0.412. The molecule has 1 fully saturated rings. The summed E-state index contributed by atoms with van der Waals surface area (Å²) in [6.07, 6.45) is 5.41. The van der Waals surface area contributed by atoms with Gasteiger partial charge in [0.15, 0.2) is 6.61 Å². The summed E-state index contributed by atoms with van der Waals surface area (Å²) >= 11 is 0. The van der Waals surface area contributed by atoms with E-state index < -0.39 is 5.97 Å². The van der Waals surface area contributed by atoms with Crippen molar-refractivity contribution in [2.75, 3.05) is 18.6 Å². The second kappa shape index (κ2) is 6.64. The van der Waals surface area contributed by atoms with Crippen molar-refractivity contribution in [1.29, 1.82) is 0 Å². The predicted molar refractivity (Wildman–Crippen MR) is 84.1 cm³/mol. The van der Waals surface area contributed by atoms with Gasteiger partial charge in [0.25, 0.3) is 0 Å². The lowest BCUT2D eigenvalue weighted by Gasteiger charge is -2.42. The summed E-state index contributed by atoms with van der Waals surface area (Å²) in [6, 6.07) is 6.86. The van der Waals surface area contributed by atoms with Crippen LogP contribution in [0.3, 0.4) is 0 Å². The first kappa shape index (κ1) is 16.1. The van der Waals surface area contributed by atoms with Gasteiger partial charge in [-0.05, 0) is 43.5 Å². The Hall–Kier alpha value is -2.30. The summed E-state index contributed by atoms with van der Waals surface area (Å²) in [5, 5.41) is 8.58. The third kappa shape index (κ3) is 3.30. The van der Waals surface area contributed by atoms with E-state index in [9.17, 15) is 9.59 Å². The van der Waals surface area contributed by atoms with Crippen LogP contribution in [0.15, 0.2) is 36.9 Å².